The zero-order chi connectivity index (χ0) is 37.4. The molecule has 2 amide bonds. The number of anilines is 3. The molecule has 18 heteroatoms. The number of hydrogen-bond acceptors (Lipinski definition) is 12. The Morgan fingerprint density at radius 2 is 1.34 bits per heavy atom. The first-order valence-corrected chi connectivity index (χ1v) is 15.6. The van der Waals surface area contributed by atoms with Crippen molar-refractivity contribution in [1.82, 2.24) is 30.4 Å². The van der Waals surface area contributed by atoms with Crippen molar-refractivity contribution < 1.29 is 36.3 Å². The third-order valence-corrected chi connectivity index (χ3v) is 7.31. The molecular weight excluding hydrogens is 719 g/mol. The van der Waals surface area contributed by atoms with Crippen molar-refractivity contribution in [2.45, 2.75) is 6.18 Å². The Labute approximate surface area is 303 Å². The SMILES string of the molecule is CN(C(=O)Nc1cccc(Oc2ccnc(-c3nnco3)c2)c1)c1ccc(Cl)c(C(F)(F)F)c1.Nc1cccc(Oc2ccnc(-c3nnco3)c2)c1. The van der Waals surface area contributed by atoms with Gasteiger partial charge in [0.2, 0.25) is 12.8 Å². The molecule has 0 atom stereocenters. The lowest BCUT2D eigenvalue weighted by Crippen LogP contribution is -2.31. The van der Waals surface area contributed by atoms with E-state index >= 15 is 0 Å². The summed E-state index contributed by atoms with van der Waals surface area (Å²) in [6, 6.07) is 22.9. The van der Waals surface area contributed by atoms with Crippen molar-refractivity contribution in [3.63, 3.8) is 0 Å². The second-order valence-electron chi connectivity index (χ2n) is 10.7. The number of rotatable bonds is 8. The zero-order valence-corrected chi connectivity index (χ0v) is 28.0. The zero-order valence-electron chi connectivity index (χ0n) is 27.2. The van der Waals surface area contributed by atoms with Gasteiger partial charge >= 0.3 is 12.2 Å². The Bertz CT molecular complexity index is 2310. The van der Waals surface area contributed by atoms with Gasteiger partial charge in [0.15, 0.2) is 0 Å². The summed E-state index contributed by atoms with van der Waals surface area (Å²) in [5, 5.41) is 17.0. The number of benzene rings is 3. The van der Waals surface area contributed by atoms with Crippen LogP contribution >= 0.6 is 11.6 Å². The van der Waals surface area contributed by atoms with E-state index in [9.17, 15) is 18.0 Å². The van der Waals surface area contributed by atoms with Crippen molar-refractivity contribution >= 4 is 34.7 Å². The van der Waals surface area contributed by atoms with Gasteiger partial charge in [0, 0.05) is 60.8 Å². The maximum atomic E-state index is 13.1. The van der Waals surface area contributed by atoms with Gasteiger partial charge in [-0.3, -0.25) is 14.9 Å². The lowest BCUT2D eigenvalue weighted by molar-refractivity contribution is -0.137. The smallest absolute Gasteiger partial charge is 0.417 e. The Kier molecular flexibility index (Phi) is 10.7. The summed E-state index contributed by atoms with van der Waals surface area (Å²) in [5.74, 6) is 2.68. The van der Waals surface area contributed by atoms with Crippen LogP contribution in [0.3, 0.4) is 0 Å². The van der Waals surface area contributed by atoms with Crippen molar-refractivity contribution in [1.29, 1.82) is 0 Å². The molecule has 268 valence electrons. The number of pyridine rings is 2. The second kappa shape index (κ2) is 15.9. The number of nitrogen functional groups attached to an aromatic ring is 1. The van der Waals surface area contributed by atoms with E-state index in [-0.39, 0.29) is 11.6 Å². The number of ether oxygens (including phenoxy) is 2. The van der Waals surface area contributed by atoms with E-state index in [1.165, 1.54) is 32.1 Å². The maximum absolute atomic E-state index is 13.1. The van der Waals surface area contributed by atoms with Crippen molar-refractivity contribution in [2.75, 3.05) is 23.0 Å². The van der Waals surface area contributed by atoms with Crippen LogP contribution in [0.15, 0.2) is 125 Å². The number of nitrogens with two attached hydrogens (primary N) is 1. The number of carbonyl (C=O) groups excluding carboxylic acids is 1. The summed E-state index contributed by atoms with van der Waals surface area (Å²) in [6.07, 6.45) is 0.911. The first kappa shape index (κ1) is 35.8. The quantitative estimate of drug-likeness (QED) is 0.141. The fourth-order valence-corrected chi connectivity index (χ4v) is 4.73. The largest absolute Gasteiger partial charge is 0.457 e. The van der Waals surface area contributed by atoms with Gasteiger partial charge in [0.05, 0.1) is 10.6 Å². The summed E-state index contributed by atoms with van der Waals surface area (Å²) < 4.78 is 61.1. The Balaban J connectivity index is 0.000000213. The first-order valence-electron chi connectivity index (χ1n) is 15.2. The van der Waals surface area contributed by atoms with Crippen LogP contribution < -0.4 is 25.4 Å². The minimum Gasteiger partial charge on any atom is -0.457 e. The standard InChI is InChI=1S/C22H15ClF3N5O3.C13H10N4O2/c1-31(14-5-6-18(23)17(10-14)22(24,25)26)21(32)29-13-3-2-4-15(9-13)34-16-7-8-27-19(11-16)20-30-28-12-33-20;14-9-2-1-3-10(6-9)19-11-4-5-15-12(7-11)13-17-16-8-18-13/h2-12H,1H3,(H,29,32);1-8H,14H2. The number of nitrogens with zero attached hydrogens (tertiary/aromatic N) is 7. The van der Waals surface area contributed by atoms with E-state index in [4.69, 9.17) is 35.6 Å². The highest BCUT2D eigenvalue weighted by atomic mass is 35.5. The molecule has 0 unspecified atom stereocenters. The first-order chi connectivity index (χ1) is 25.5. The van der Waals surface area contributed by atoms with Crippen LogP contribution in [-0.4, -0.2) is 43.4 Å². The van der Waals surface area contributed by atoms with Gasteiger partial charge in [0.1, 0.15) is 34.4 Å². The number of aromatic nitrogens is 6. The number of nitrogens with one attached hydrogen (secondary N) is 1. The Hall–Kier alpha value is -7.01. The number of amides is 2. The van der Waals surface area contributed by atoms with Crippen LogP contribution in [-0.2, 0) is 6.18 Å². The highest BCUT2D eigenvalue weighted by molar-refractivity contribution is 6.31. The monoisotopic (exact) mass is 743 g/mol. The van der Waals surface area contributed by atoms with Crippen molar-refractivity contribution in [2.24, 2.45) is 0 Å². The molecule has 0 saturated carbocycles. The van der Waals surface area contributed by atoms with E-state index in [0.717, 1.165) is 17.0 Å². The number of alkyl halides is 3. The molecule has 4 heterocycles. The van der Waals surface area contributed by atoms with E-state index in [1.54, 1.807) is 66.9 Å². The summed E-state index contributed by atoms with van der Waals surface area (Å²) in [7, 11) is 1.34. The highest BCUT2D eigenvalue weighted by Gasteiger charge is 2.34. The van der Waals surface area contributed by atoms with Gasteiger partial charge in [-0.15, -0.1) is 20.4 Å². The van der Waals surface area contributed by atoms with E-state index in [2.05, 4.69) is 35.7 Å². The molecule has 0 aliphatic carbocycles. The Morgan fingerprint density at radius 1 is 0.774 bits per heavy atom. The normalized spacial score (nSPS) is 10.9. The number of hydrogen-bond donors (Lipinski definition) is 2. The van der Waals surface area contributed by atoms with Crippen LogP contribution in [0, 0.1) is 0 Å². The molecule has 0 aliphatic rings. The summed E-state index contributed by atoms with van der Waals surface area (Å²) in [5.41, 5.74) is 6.67. The molecule has 0 spiro atoms. The minimum atomic E-state index is -4.65. The fourth-order valence-electron chi connectivity index (χ4n) is 4.50. The van der Waals surface area contributed by atoms with E-state index in [1.807, 2.05) is 12.1 Å². The number of halogens is 4. The van der Waals surface area contributed by atoms with Crippen LogP contribution in [0.25, 0.3) is 23.2 Å². The topological polar surface area (TPSA) is 180 Å². The molecule has 0 radical (unpaired) electrons. The molecule has 0 bridgehead atoms. The molecule has 7 rings (SSSR count). The molecule has 0 aliphatic heterocycles. The van der Waals surface area contributed by atoms with E-state index < -0.39 is 22.8 Å². The third kappa shape index (κ3) is 9.41. The molecular formula is C35H25ClF3N9O5. The number of urea groups is 1. The highest BCUT2D eigenvalue weighted by Crippen LogP contribution is 2.37. The van der Waals surface area contributed by atoms with Crippen LogP contribution in [0.5, 0.6) is 23.0 Å². The fraction of sp³-hybridized carbons (Fsp3) is 0.0571. The van der Waals surface area contributed by atoms with Crippen molar-refractivity contribution in [3.05, 3.63) is 127 Å². The molecule has 3 N–H and O–H groups in total. The average Bonchev–Trinajstić information content (AvgIpc) is 3.88. The van der Waals surface area contributed by atoms with E-state index in [0.29, 0.717) is 51.7 Å². The van der Waals surface area contributed by atoms with Crippen LogP contribution in [0.1, 0.15) is 5.56 Å². The average molecular weight is 744 g/mol. The molecule has 0 saturated heterocycles. The van der Waals surface area contributed by atoms with Gasteiger partial charge in [-0.05, 0) is 54.6 Å². The Morgan fingerprint density at radius 3 is 1.89 bits per heavy atom. The van der Waals surface area contributed by atoms with Crippen LogP contribution in [0.2, 0.25) is 5.02 Å². The predicted molar refractivity (Wildman–Crippen MR) is 186 cm³/mol. The van der Waals surface area contributed by atoms with Gasteiger partial charge in [0.25, 0.3) is 11.8 Å². The second-order valence-corrected chi connectivity index (χ2v) is 11.1. The van der Waals surface area contributed by atoms with Gasteiger partial charge in [-0.1, -0.05) is 23.7 Å². The van der Waals surface area contributed by atoms with Gasteiger partial charge in [-0.25, -0.2) is 4.79 Å². The summed E-state index contributed by atoms with van der Waals surface area (Å²) >= 11 is 5.65. The lowest BCUT2D eigenvalue weighted by atomic mass is 10.2. The minimum absolute atomic E-state index is 0.0203. The summed E-state index contributed by atoms with van der Waals surface area (Å²) in [6.45, 7) is 0. The third-order valence-electron chi connectivity index (χ3n) is 6.98. The molecule has 0 fully saturated rings. The lowest BCUT2D eigenvalue weighted by Gasteiger charge is -2.20. The van der Waals surface area contributed by atoms with Crippen LogP contribution in [0.4, 0.5) is 35.0 Å². The molecule has 3 aromatic carbocycles. The molecule has 14 nitrogen and oxygen atoms in total. The molecule has 7 aromatic rings. The van der Waals surface area contributed by atoms with Crippen molar-refractivity contribution in [3.8, 4) is 46.2 Å². The predicted octanol–water partition coefficient (Wildman–Crippen LogP) is 8.77. The van der Waals surface area contributed by atoms with Gasteiger partial charge < -0.3 is 29.4 Å². The molecule has 53 heavy (non-hydrogen) atoms. The molecule has 4 aromatic heterocycles. The summed E-state index contributed by atoms with van der Waals surface area (Å²) in [4.78, 5) is 22.0. The maximum Gasteiger partial charge on any atom is 0.417 e. The number of carbonyl (C=O) groups is 1. The van der Waals surface area contributed by atoms with Gasteiger partial charge in [-0.2, -0.15) is 13.2 Å².